The molecular formula is C18H21N3O2S. The third-order valence-corrected chi connectivity index (χ3v) is 5.45. The van der Waals surface area contributed by atoms with E-state index in [4.69, 9.17) is 0 Å². The molecule has 1 aromatic heterocycles. The molecule has 126 valence electrons. The van der Waals surface area contributed by atoms with Crippen molar-refractivity contribution in [1.29, 1.82) is 0 Å². The molecule has 1 amide bonds. The van der Waals surface area contributed by atoms with Crippen molar-refractivity contribution in [1.82, 2.24) is 9.55 Å². The summed E-state index contributed by atoms with van der Waals surface area (Å²) in [4.78, 5) is 29.1. The monoisotopic (exact) mass is 343 g/mol. The van der Waals surface area contributed by atoms with Crippen molar-refractivity contribution < 1.29 is 4.79 Å². The molecule has 2 heterocycles. The lowest BCUT2D eigenvalue weighted by molar-refractivity contribution is -0.116. The van der Waals surface area contributed by atoms with Gasteiger partial charge in [-0.1, -0.05) is 48.5 Å². The number of nitrogens with one attached hydrogen (secondary N) is 1. The van der Waals surface area contributed by atoms with Gasteiger partial charge in [0.2, 0.25) is 5.91 Å². The van der Waals surface area contributed by atoms with Crippen LogP contribution < -0.4 is 10.9 Å². The molecule has 0 aliphatic carbocycles. The molecule has 6 heteroatoms. The molecule has 0 saturated heterocycles. The van der Waals surface area contributed by atoms with E-state index in [1.165, 1.54) is 11.8 Å². The Morgan fingerprint density at radius 2 is 2.00 bits per heavy atom. The van der Waals surface area contributed by atoms with Crippen LogP contribution in [0.15, 0.2) is 34.2 Å². The maximum Gasteiger partial charge on any atom is 0.279 e. The minimum Gasteiger partial charge on any atom is -0.312 e. The van der Waals surface area contributed by atoms with Crippen molar-refractivity contribution >= 4 is 23.5 Å². The van der Waals surface area contributed by atoms with E-state index < -0.39 is 0 Å². The first-order chi connectivity index (χ1) is 11.5. The van der Waals surface area contributed by atoms with Gasteiger partial charge in [-0.2, -0.15) is 4.98 Å². The van der Waals surface area contributed by atoms with E-state index in [0.29, 0.717) is 16.5 Å². The average Bonchev–Trinajstić information content (AvgIpc) is 2.56. The molecule has 0 bridgehead atoms. The lowest BCUT2D eigenvalue weighted by Gasteiger charge is -2.27. The first kappa shape index (κ1) is 16.8. The molecule has 1 aliphatic rings. The number of aromatic nitrogens is 2. The summed E-state index contributed by atoms with van der Waals surface area (Å²) < 4.78 is 1.83. The van der Waals surface area contributed by atoms with Crippen molar-refractivity contribution in [2.75, 3.05) is 11.1 Å². The number of anilines is 1. The first-order valence-electron chi connectivity index (χ1n) is 8.11. The van der Waals surface area contributed by atoms with Gasteiger partial charge in [0, 0.05) is 25.1 Å². The van der Waals surface area contributed by atoms with Crippen molar-refractivity contribution in [3.8, 4) is 0 Å². The van der Waals surface area contributed by atoms with Gasteiger partial charge < -0.3 is 9.88 Å². The van der Waals surface area contributed by atoms with E-state index in [1.807, 2.05) is 42.8 Å². The molecule has 3 rings (SSSR count). The second kappa shape index (κ2) is 6.81. The van der Waals surface area contributed by atoms with Crippen LogP contribution in [0.3, 0.4) is 0 Å². The topological polar surface area (TPSA) is 64.0 Å². The minimum absolute atomic E-state index is 0.0688. The Labute approximate surface area is 145 Å². The fourth-order valence-corrected chi connectivity index (χ4v) is 3.76. The maximum absolute atomic E-state index is 12.7. The fourth-order valence-electron chi connectivity index (χ4n) is 2.94. The Balaban J connectivity index is 2.12. The SMILES string of the molecule is CCCSc1nc(=O)c2c(n1C)NC(=O)C[C@H]2c1ccc(C)cc1. The van der Waals surface area contributed by atoms with Gasteiger partial charge in [-0.05, 0) is 18.9 Å². The smallest absolute Gasteiger partial charge is 0.279 e. The van der Waals surface area contributed by atoms with Crippen LogP contribution in [0.5, 0.6) is 0 Å². The normalized spacial score (nSPS) is 16.6. The molecule has 1 aliphatic heterocycles. The lowest BCUT2D eigenvalue weighted by atomic mass is 9.86. The Kier molecular flexibility index (Phi) is 4.76. The molecule has 0 spiro atoms. The van der Waals surface area contributed by atoms with Gasteiger partial charge in [0.15, 0.2) is 5.16 Å². The standard InChI is InChI=1S/C18H21N3O2S/c1-4-9-24-18-20-17(23)15-13(12-7-5-11(2)6-8-12)10-14(22)19-16(15)21(18)3/h5-8,13H,4,9-10H2,1-3H3,(H,19,22)/t13-/m0/s1. The summed E-state index contributed by atoms with van der Waals surface area (Å²) >= 11 is 1.53. The first-order valence-corrected chi connectivity index (χ1v) is 9.10. The molecule has 1 atom stereocenters. The van der Waals surface area contributed by atoms with Crippen LogP contribution in [0.4, 0.5) is 5.82 Å². The van der Waals surface area contributed by atoms with Gasteiger partial charge in [-0.3, -0.25) is 9.59 Å². The van der Waals surface area contributed by atoms with Gasteiger partial charge in [0.05, 0.1) is 5.56 Å². The van der Waals surface area contributed by atoms with E-state index in [2.05, 4.69) is 17.2 Å². The minimum atomic E-state index is -0.245. The molecule has 0 unspecified atom stereocenters. The van der Waals surface area contributed by atoms with Crippen LogP contribution in [0.25, 0.3) is 0 Å². The molecule has 1 N–H and O–H groups in total. The molecule has 0 radical (unpaired) electrons. The predicted octanol–water partition coefficient (Wildman–Crippen LogP) is 3.06. The van der Waals surface area contributed by atoms with E-state index in [0.717, 1.165) is 23.3 Å². The Morgan fingerprint density at radius 3 is 2.67 bits per heavy atom. The number of hydrogen-bond acceptors (Lipinski definition) is 4. The van der Waals surface area contributed by atoms with Gasteiger partial charge in [0.25, 0.3) is 5.56 Å². The van der Waals surface area contributed by atoms with E-state index in [9.17, 15) is 9.59 Å². The number of benzene rings is 1. The highest BCUT2D eigenvalue weighted by atomic mass is 32.2. The number of aryl methyl sites for hydroxylation is 1. The van der Waals surface area contributed by atoms with Gasteiger partial charge in [-0.15, -0.1) is 0 Å². The van der Waals surface area contributed by atoms with Crippen LogP contribution in [0.1, 0.15) is 42.4 Å². The highest BCUT2D eigenvalue weighted by Gasteiger charge is 2.31. The molecule has 5 nitrogen and oxygen atoms in total. The third kappa shape index (κ3) is 3.11. The van der Waals surface area contributed by atoms with Crippen LogP contribution in [-0.2, 0) is 11.8 Å². The molecule has 24 heavy (non-hydrogen) atoms. The molecule has 1 aromatic carbocycles. The number of thioether (sulfide) groups is 1. The third-order valence-electron chi connectivity index (χ3n) is 4.22. The number of amides is 1. The van der Waals surface area contributed by atoms with Crippen molar-refractivity contribution in [2.24, 2.45) is 7.05 Å². The van der Waals surface area contributed by atoms with Gasteiger partial charge in [-0.25, -0.2) is 0 Å². The van der Waals surface area contributed by atoms with E-state index >= 15 is 0 Å². The van der Waals surface area contributed by atoms with E-state index in [-0.39, 0.29) is 23.8 Å². The second-order valence-electron chi connectivity index (χ2n) is 6.08. The van der Waals surface area contributed by atoms with Crippen LogP contribution in [-0.4, -0.2) is 21.2 Å². The highest BCUT2D eigenvalue weighted by molar-refractivity contribution is 7.99. The van der Waals surface area contributed by atoms with Crippen molar-refractivity contribution in [3.05, 3.63) is 51.3 Å². The second-order valence-corrected chi connectivity index (χ2v) is 7.15. The summed E-state index contributed by atoms with van der Waals surface area (Å²) in [5.41, 5.74) is 2.47. The molecular weight excluding hydrogens is 322 g/mol. The van der Waals surface area contributed by atoms with Crippen LogP contribution in [0.2, 0.25) is 0 Å². The molecule has 2 aromatic rings. The van der Waals surface area contributed by atoms with Crippen LogP contribution >= 0.6 is 11.8 Å². The maximum atomic E-state index is 12.7. The zero-order valence-electron chi connectivity index (χ0n) is 14.1. The number of fused-ring (bicyclic) bond motifs is 1. The average molecular weight is 343 g/mol. The number of carbonyl (C=O) groups excluding carboxylic acids is 1. The van der Waals surface area contributed by atoms with Crippen LogP contribution in [0, 0.1) is 6.92 Å². The predicted molar refractivity (Wildman–Crippen MR) is 96.8 cm³/mol. The number of carbonyl (C=O) groups is 1. The zero-order valence-corrected chi connectivity index (χ0v) is 14.9. The summed E-state index contributed by atoms with van der Waals surface area (Å²) in [5.74, 6) is 1.15. The van der Waals surface area contributed by atoms with Gasteiger partial charge >= 0.3 is 0 Å². The Hall–Kier alpha value is -2.08. The largest absolute Gasteiger partial charge is 0.312 e. The molecule has 0 saturated carbocycles. The highest BCUT2D eigenvalue weighted by Crippen LogP contribution is 2.35. The number of nitrogens with zero attached hydrogens (tertiary/aromatic N) is 2. The fraction of sp³-hybridized carbons (Fsp3) is 0.389. The quantitative estimate of drug-likeness (QED) is 0.684. The van der Waals surface area contributed by atoms with Crippen molar-refractivity contribution in [2.45, 2.75) is 37.8 Å². The Morgan fingerprint density at radius 1 is 1.29 bits per heavy atom. The molecule has 0 fully saturated rings. The Bertz CT molecular complexity index is 827. The summed E-state index contributed by atoms with van der Waals surface area (Å²) in [6, 6.07) is 7.99. The summed E-state index contributed by atoms with van der Waals surface area (Å²) in [6.07, 6.45) is 1.27. The number of hydrogen-bond donors (Lipinski definition) is 1. The van der Waals surface area contributed by atoms with Crippen molar-refractivity contribution in [3.63, 3.8) is 0 Å². The van der Waals surface area contributed by atoms with E-state index in [1.54, 1.807) is 0 Å². The van der Waals surface area contributed by atoms with Gasteiger partial charge in [0.1, 0.15) is 5.82 Å². The summed E-state index contributed by atoms with van der Waals surface area (Å²) in [6.45, 7) is 4.10. The lowest BCUT2D eigenvalue weighted by Crippen LogP contribution is -2.33. The number of rotatable bonds is 4. The zero-order chi connectivity index (χ0) is 17.3. The summed E-state index contributed by atoms with van der Waals surface area (Å²) in [5, 5.41) is 3.51. The summed E-state index contributed by atoms with van der Waals surface area (Å²) in [7, 11) is 1.85.